The summed E-state index contributed by atoms with van der Waals surface area (Å²) >= 11 is 0. The smallest absolute Gasteiger partial charge is 0.108 e. The molecule has 1 heterocycles. The van der Waals surface area contributed by atoms with Crippen LogP contribution in [0.1, 0.15) is 83.1 Å². The molecule has 234 valence electrons. The molecule has 3 unspecified atom stereocenters. The lowest BCUT2D eigenvalue weighted by Gasteiger charge is -2.46. The molecule has 9 heteroatoms. The van der Waals surface area contributed by atoms with Gasteiger partial charge < -0.3 is 30.6 Å². The summed E-state index contributed by atoms with van der Waals surface area (Å²) in [6.45, 7) is 25.6. The number of nitrogens with zero attached hydrogens (tertiary/aromatic N) is 3. The van der Waals surface area contributed by atoms with Gasteiger partial charge in [0.05, 0.1) is 16.8 Å². The van der Waals surface area contributed by atoms with E-state index in [4.69, 9.17) is 0 Å². The highest BCUT2D eigenvalue weighted by Gasteiger charge is 2.49. The maximum Gasteiger partial charge on any atom is 0.108 e. The van der Waals surface area contributed by atoms with Gasteiger partial charge in [-0.3, -0.25) is 14.7 Å². The Bertz CT molecular complexity index is 645. The summed E-state index contributed by atoms with van der Waals surface area (Å²) in [6.07, 6.45) is 0. The van der Waals surface area contributed by atoms with Crippen LogP contribution in [0.4, 0.5) is 0 Å². The Morgan fingerprint density at radius 2 is 0.564 bits per heavy atom. The van der Waals surface area contributed by atoms with E-state index in [0.29, 0.717) is 39.3 Å². The van der Waals surface area contributed by atoms with Crippen LogP contribution in [0.3, 0.4) is 0 Å². The molecule has 0 aliphatic carbocycles. The molecule has 0 aromatic carbocycles. The third-order valence-corrected chi connectivity index (χ3v) is 9.64. The average molecular weight is 562 g/mol. The summed E-state index contributed by atoms with van der Waals surface area (Å²) in [7, 11) is 0. The zero-order chi connectivity index (χ0) is 30.8. The molecule has 1 rings (SSSR count). The summed E-state index contributed by atoms with van der Waals surface area (Å²) in [5.41, 5.74) is -8.03. The van der Waals surface area contributed by atoms with E-state index in [1.54, 1.807) is 41.5 Å². The first-order chi connectivity index (χ1) is 17.3. The molecule has 1 aliphatic rings. The van der Waals surface area contributed by atoms with Gasteiger partial charge in [-0.15, -0.1) is 0 Å². The highest BCUT2D eigenvalue weighted by molar-refractivity contribution is 5.02. The lowest BCUT2D eigenvalue weighted by atomic mass is 9.76. The van der Waals surface area contributed by atoms with Crippen LogP contribution in [0.15, 0.2) is 0 Å². The van der Waals surface area contributed by atoms with Crippen LogP contribution in [-0.2, 0) is 0 Å². The first kappa shape index (κ1) is 36.7. The van der Waals surface area contributed by atoms with Gasteiger partial charge in [-0.1, -0.05) is 41.5 Å². The van der Waals surface area contributed by atoms with Crippen molar-refractivity contribution in [3.05, 3.63) is 0 Å². The molecular weight excluding hydrogens is 498 g/mol. The minimum Gasteiger partial charge on any atom is -0.387 e. The first-order valence-electron chi connectivity index (χ1n) is 14.8. The average Bonchev–Trinajstić information content (AvgIpc) is 2.82. The molecule has 39 heavy (non-hydrogen) atoms. The van der Waals surface area contributed by atoms with E-state index in [0.717, 1.165) is 0 Å². The van der Waals surface area contributed by atoms with E-state index in [-0.39, 0.29) is 37.4 Å². The molecule has 0 spiro atoms. The fraction of sp³-hybridized carbons (Fsp3) is 1.00. The molecule has 0 radical (unpaired) electrons. The van der Waals surface area contributed by atoms with Crippen molar-refractivity contribution in [1.82, 2.24) is 14.7 Å². The summed E-state index contributed by atoms with van der Waals surface area (Å²) < 4.78 is 0. The molecule has 0 amide bonds. The van der Waals surface area contributed by atoms with Gasteiger partial charge in [0.2, 0.25) is 0 Å². The molecule has 0 saturated carbocycles. The van der Waals surface area contributed by atoms with Crippen LogP contribution in [0.2, 0.25) is 0 Å². The molecule has 1 fully saturated rings. The Kier molecular flexibility index (Phi) is 12.1. The van der Waals surface area contributed by atoms with Gasteiger partial charge in [0.25, 0.3) is 0 Å². The Labute approximate surface area is 238 Å². The Balaban J connectivity index is 3.42. The van der Waals surface area contributed by atoms with Crippen LogP contribution in [0.5, 0.6) is 0 Å². The van der Waals surface area contributed by atoms with Crippen LogP contribution < -0.4 is 0 Å². The second-order valence-corrected chi connectivity index (χ2v) is 14.7. The highest BCUT2D eigenvalue weighted by Crippen LogP contribution is 2.34. The summed E-state index contributed by atoms with van der Waals surface area (Å²) in [5, 5.41) is 67.6. The molecule has 9 nitrogen and oxygen atoms in total. The van der Waals surface area contributed by atoms with Crippen molar-refractivity contribution in [2.24, 2.45) is 17.8 Å². The standard InChI is InChI=1S/C30H63N3O6/c1-22(2)28(37,25(7,8)34)19-31-13-15-32(20-29(38,23(3)4)26(9,10)35)17-18-33(16-14-31)21-30(39,24(5)6)27(11,12)36/h22-24,34-39H,13-21H2,1-12H3. The first-order valence-corrected chi connectivity index (χ1v) is 14.8. The van der Waals surface area contributed by atoms with Crippen molar-refractivity contribution < 1.29 is 30.6 Å². The lowest BCUT2D eigenvalue weighted by Crippen LogP contribution is -2.62. The van der Waals surface area contributed by atoms with Gasteiger partial charge in [-0.25, -0.2) is 0 Å². The van der Waals surface area contributed by atoms with Crippen LogP contribution >= 0.6 is 0 Å². The fourth-order valence-corrected chi connectivity index (χ4v) is 5.93. The zero-order valence-corrected chi connectivity index (χ0v) is 27.1. The van der Waals surface area contributed by atoms with E-state index < -0.39 is 33.6 Å². The fourth-order valence-electron chi connectivity index (χ4n) is 5.93. The third-order valence-electron chi connectivity index (χ3n) is 9.64. The van der Waals surface area contributed by atoms with Crippen molar-refractivity contribution in [1.29, 1.82) is 0 Å². The number of rotatable bonds is 12. The predicted molar refractivity (Wildman–Crippen MR) is 158 cm³/mol. The molecule has 6 N–H and O–H groups in total. The molecule has 3 atom stereocenters. The quantitative estimate of drug-likeness (QED) is 0.209. The topological polar surface area (TPSA) is 131 Å². The van der Waals surface area contributed by atoms with Crippen molar-refractivity contribution in [2.45, 2.75) is 117 Å². The van der Waals surface area contributed by atoms with Crippen LogP contribution in [-0.4, -0.2) is 138 Å². The minimum atomic E-state index is -1.35. The molecule has 0 aromatic heterocycles. The van der Waals surface area contributed by atoms with Crippen molar-refractivity contribution in [3.63, 3.8) is 0 Å². The molecule has 0 bridgehead atoms. The van der Waals surface area contributed by atoms with Crippen molar-refractivity contribution >= 4 is 0 Å². The number of β-amino-alcohol motifs (C(OH)–C–C–N with tert-alkyl or cyclic N) is 3. The van der Waals surface area contributed by atoms with Crippen LogP contribution in [0.25, 0.3) is 0 Å². The van der Waals surface area contributed by atoms with E-state index in [9.17, 15) is 30.6 Å². The maximum atomic E-state index is 11.6. The zero-order valence-electron chi connectivity index (χ0n) is 27.1. The SMILES string of the molecule is CC(C)C(O)(CN1CCN(CC(O)(C(C)C)C(C)(C)O)CCN(CC(O)(C(C)C)C(C)(C)O)CC1)C(C)(C)O. The predicted octanol–water partition coefficient (Wildman–Crippen LogP) is 1.38. The van der Waals surface area contributed by atoms with Gasteiger partial charge in [0.15, 0.2) is 0 Å². The Morgan fingerprint density at radius 3 is 0.667 bits per heavy atom. The van der Waals surface area contributed by atoms with Crippen LogP contribution in [0, 0.1) is 17.8 Å². The van der Waals surface area contributed by atoms with Gasteiger partial charge in [0, 0.05) is 58.9 Å². The molecule has 0 aromatic rings. The number of hydrogen-bond acceptors (Lipinski definition) is 9. The number of aliphatic hydroxyl groups is 6. The summed E-state index contributed by atoms with van der Waals surface area (Å²) in [4.78, 5) is 6.42. The van der Waals surface area contributed by atoms with E-state index in [1.165, 1.54) is 0 Å². The second kappa shape index (κ2) is 12.9. The lowest BCUT2D eigenvalue weighted by molar-refractivity contribution is -0.172. The molecule has 1 aliphatic heterocycles. The molecule has 1 saturated heterocycles. The Morgan fingerprint density at radius 1 is 0.410 bits per heavy atom. The van der Waals surface area contributed by atoms with Gasteiger partial charge in [-0.2, -0.15) is 0 Å². The Hall–Kier alpha value is -0.360. The molecular formula is C30H63N3O6. The summed E-state index contributed by atoms with van der Waals surface area (Å²) in [6, 6.07) is 0. The monoisotopic (exact) mass is 561 g/mol. The van der Waals surface area contributed by atoms with Gasteiger partial charge >= 0.3 is 0 Å². The van der Waals surface area contributed by atoms with Crippen molar-refractivity contribution in [2.75, 3.05) is 58.9 Å². The van der Waals surface area contributed by atoms with E-state index in [2.05, 4.69) is 14.7 Å². The number of hydrogen-bond donors (Lipinski definition) is 6. The summed E-state index contributed by atoms with van der Waals surface area (Å²) in [5.74, 6) is -0.584. The van der Waals surface area contributed by atoms with Gasteiger partial charge in [0.1, 0.15) is 16.8 Å². The largest absolute Gasteiger partial charge is 0.387 e. The van der Waals surface area contributed by atoms with E-state index >= 15 is 0 Å². The highest BCUT2D eigenvalue weighted by atomic mass is 16.4. The maximum absolute atomic E-state index is 11.6. The van der Waals surface area contributed by atoms with Crippen molar-refractivity contribution in [3.8, 4) is 0 Å². The second-order valence-electron chi connectivity index (χ2n) is 14.7. The normalized spacial score (nSPS) is 23.3. The third kappa shape index (κ3) is 8.58. The van der Waals surface area contributed by atoms with Gasteiger partial charge in [-0.05, 0) is 59.3 Å². The minimum absolute atomic E-state index is 0.195. The van der Waals surface area contributed by atoms with E-state index in [1.807, 2.05) is 41.5 Å².